The molecule has 0 N–H and O–H groups in total. The molecule has 128 valence electrons. The van der Waals surface area contributed by atoms with Crippen molar-refractivity contribution >= 4 is 27.3 Å². The van der Waals surface area contributed by atoms with Gasteiger partial charge in [0.1, 0.15) is 0 Å². The highest BCUT2D eigenvalue weighted by Crippen LogP contribution is 2.29. The van der Waals surface area contributed by atoms with Crippen molar-refractivity contribution in [1.29, 1.82) is 0 Å². The Bertz CT molecular complexity index is 1090. The van der Waals surface area contributed by atoms with Gasteiger partial charge < -0.3 is 0 Å². The second-order valence-corrected chi connectivity index (χ2v) is 7.50. The molecule has 4 rings (SSSR count). The van der Waals surface area contributed by atoms with Crippen molar-refractivity contribution in [3.63, 3.8) is 0 Å². The molecule has 4 nitrogen and oxygen atoms in total. The van der Waals surface area contributed by atoms with Gasteiger partial charge in [0, 0.05) is 10.0 Å². The van der Waals surface area contributed by atoms with Gasteiger partial charge in [-0.05, 0) is 51.7 Å². The fraction of sp³-hybridized carbons (Fsp3) is 0.0500. The van der Waals surface area contributed by atoms with Gasteiger partial charge in [-0.25, -0.2) is 9.67 Å². The van der Waals surface area contributed by atoms with E-state index >= 15 is 0 Å². The molecule has 0 atom stereocenters. The molecule has 0 saturated heterocycles. The second-order valence-electron chi connectivity index (χ2n) is 5.80. The zero-order chi connectivity index (χ0) is 17.9. The van der Waals surface area contributed by atoms with Crippen LogP contribution in [0.3, 0.4) is 0 Å². The number of nitrogens with zero attached hydrogens (tertiary/aromatic N) is 3. The van der Waals surface area contributed by atoms with Crippen molar-refractivity contribution in [2.24, 2.45) is 0 Å². The highest BCUT2D eigenvalue weighted by molar-refractivity contribution is 9.10. The maximum Gasteiger partial charge on any atom is 0.285 e. The predicted octanol–water partition coefficient (Wildman–Crippen LogP) is 4.84. The average Bonchev–Trinajstić information content (AvgIpc) is 3.19. The van der Waals surface area contributed by atoms with Crippen LogP contribution in [-0.4, -0.2) is 14.8 Å². The van der Waals surface area contributed by atoms with E-state index in [-0.39, 0.29) is 5.56 Å². The van der Waals surface area contributed by atoms with Crippen molar-refractivity contribution in [2.75, 3.05) is 0 Å². The van der Waals surface area contributed by atoms with Crippen LogP contribution in [0.4, 0.5) is 0 Å². The summed E-state index contributed by atoms with van der Waals surface area (Å²) in [6, 6.07) is 17.9. The largest absolute Gasteiger partial charge is 0.285 e. The van der Waals surface area contributed by atoms with Crippen LogP contribution < -0.4 is 5.56 Å². The zero-order valence-corrected chi connectivity index (χ0v) is 16.1. The lowest BCUT2D eigenvalue weighted by Gasteiger charge is -2.08. The van der Waals surface area contributed by atoms with E-state index in [1.54, 1.807) is 11.3 Å². The Morgan fingerprint density at radius 1 is 1.00 bits per heavy atom. The molecular formula is C20H14BrN3OS. The molecule has 2 aromatic heterocycles. The highest BCUT2D eigenvalue weighted by Gasteiger charge is 2.09. The van der Waals surface area contributed by atoms with Crippen molar-refractivity contribution in [3.05, 3.63) is 91.9 Å². The number of thiophene rings is 1. The summed E-state index contributed by atoms with van der Waals surface area (Å²) in [6.07, 6.45) is 1.33. The van der Waals surface area contributed by atoms with Crippen LogP contribution in [0, 0.1) is 0 Å². The fourth-order valence-corrected chi connectivity index (χ4v) is 3.85. The summed E-state index contributed by atoms with van der Waals surface area (Å²) in [5.74, 6) is 0.526. The number of rotatable bonds is 4. The molecule has 0 aliphatic carbocycles. The molecule has 4 aromatic rings. The molecule has 2 aromatic carbocycles. The van der Waals surface area contributed by atoms with Gasteiger partial charge in [0.15, 0.2) is 5.82 Å². The average molecular weight is 424 g/mol. The molecule has 0 bridgehead atoms. The van der Waals surface area contributed by atoms with E-state index in [0.29, 0.717) is 12.4 Å². The Morgan fingerprint density at radius 3 is 2.58 bits per heavy atom. The predicted molar refractivity (Wildman–Crippen MR) is 108 cm³/mol. The third-order valence-corrected chi connectivity index (χ3v) is 5.09. The minimum absolute atomic E-state index is 0.217. The number of hydrogen-bond donors (Lipinski definition) is 0. The maximum absolute atomic E-state index is 12.2. The first-order valence-corrected chi connectivity index (χ1v) is 9.74. The molecule has 2 heterocycles. The van der Waals surface area contributed by atoms with Crippen LogP contribution >= 0.6 is 27.3 Å². The molecule has 0 spiro atoms. The number of aromatic nitrogens is 3. The Kier molecular flexibility index (Phi) is 4.77. The van der Waals surface area contributed by atoms with E-state index in [9.17, 15) is 4.79 Å². The lowest BCUT2D eigenvalue weighted by molar-refractivity contribution is 0.630. The first kappa shape index (κ1) is 16.9. The Balaban J connectivity index is 1.74. The maximum atomic E-state index is 12.2. The monoisotopic (exact) mass is 423 g/mol. The van der Waals surface area contributed by atoms with Crippen LogP contribution in [0.15, 0.2) is 80.8 Å². The van der Waals surface area contributed by atoms with E-state index in [1.807, 2.05) is 47.8 Å². The third kappa shape index (κ3) is 3.66. The summed E-state index contributed by atoms with van der Waals surface area (Å²) in [5.41, 5.74) is 3.90. The quantitative estimate of drug-likeness (QED) is 0.471. The second kappa shape index (κ2) is 7.35. The highest BCUT2D eigenvalue weighted by atomic mass is 79.9. The van der Waals surface area contributed by atoms with Gasteiger partial charge >= 0.3 is 0 Å². The summed E-state index contributed by atoms with van der Waals surface area (Å²) < 4.78 is 2.39. The van der Waals surface area contributed by atoms with Gasteiger partial charge in [-0.3, -0.25) is 4.79 Å². The van der Waals surface area contributed by atoms with Gasteiger partial charge in [0.05, 0.1) is 12.7 Å². The van der Waals surface area contributed by atoms with Gasteiger partial charge in [-0.1, -0.05) is 46.3 Å². The van der Waals surface area contributed by atoms with E-state index in [0.717, 1.165) is 26.7 Å². The molecule has 26 heavy (non-hydrogen) atoms. The minimum atomic E-state index is -0.217. The molecule has 6 heteroatoms. The molecule has 0 saturated carbocycles. The normalized spacial score (nSPS) is 10.8. The van der Waals surface area contributed by atoms with Crippen LogP contribution in [-0.2, 0) is 6.54 Å². The van der Waals surface area contributed by atoms with Crippen molar-refractivity contribution < 1.29 is 0 Å². The van der Waals surface area contributed by atoms with Crippen LogP contribution in [0.5, 0.6) is 0 Å². The summed E-state index contributed by atoms with van der Waals surface area (Å²) in [5, 5.41) is 8.62. The summed E-state index contributed by atoms with van der Waals surface area (Å²) >= 11 is 5.22. The number of halogens is 1. The zero-order valence-electron chi connectivity index (χ0n) is 13.7. The van der Waals surface area contributed by atoms with Crippen LogP contribution in [0.2, 0.25) is 0 Å². The molecular weight excluding hydrogens is 410 g/mol. The van der Waals surface area contributed by atoms with Gasteiger partial charge in [-0.15, -0.1) is 5.10 Å². The van der Waals surface area contributed by atoms with Gasteiger partial charge in [0.25, 0.3) is 5.56 Å². The first-order valence-electron chi connectivity index (χ1n) is 8.01. The standard InChI is InChI=1S/C20H14BrN3OS/c21-18-9-16(15-6-7-26-13-15)8-17(10-18)20-22-11-19(25)24(23-20)12-14-4-2-1-3-5-14/h1-11,13H,12H2. The Hall–Kier alpha value is -2.57. The van der Waals surface area contributed by atoms with E-state index < -0.39 is 0 Å². The smallest absolute Gasteiger partial charge is 0.266 e. The number of hydrogen-bond acceptors (Lipinski definition) is 4. The Morgan fingerprint density at radius 2 is 1.81 bits per heavy atom. The molecule has 0 unspecified atom stereocenters. The van der Waals surface area contributed by atoms with E-state index in [2.05, 4.69) is 43.5 Å². The lowest BCUT2D eigenvalue weighted by Crippen LogP contribution is -2.24. The third-order valence-electron chi connectivity index (χ3n) is 3.95. The lowest BCUT2D eigenvalue weighted by atomic mass is 10.1. The van der Waals surface area contributed by atoms with Crippen molar-refractivity contribution in [1.82, 2.24) is 14.8 Å². The van der Waals surface area contributed by atoms with Crippen LogP contribution in [0.1, 0.15) is 5.56 Å². The van der Waals surface area contributed by atoms with Gasteiger partial charge in [-0.2, -0.15) is 11.3 Å². The molecule has 0 radical (unpaired) electrons. The molecule has 0 aliphatic heterocycles. The van der Waals surface area contributed by atoms with Crippen molar-refractivity contribution in [3.8, 4) is 22.5 Å². The minimum Gasteiger partial charge on any atom is -0.266 e. The SMILES string of the molecule is O=c1cnc(-c2cc(Br)cc(-c3ccsc3)c2)nn1Cc1ccccc1. The van der Waals surface area contributed by atoms with E-state index in [4.69, 9.17) is 0 Å². The summed E-state index contributed by atoms with van der Waals surface area (Å²) in [4.78, 5) is 16.4. The fourth-order valence-electron chi connectivity index (χ4n) is 2.69. The van der Waals surface area contributed by atoms with Gasteiger partial charge in [0.2, 0.25) is 0 Å². The molecule has 0 aliphatic rings. The number of benzene rings is 2. The topological polar surface area (TPSA) is 47.8 Å². The molecule has 0 fully saturated rings. The van der Waals surface area contributed by atoms with E-state index in [1.165, 1.54) is 10.9 Å². The molecule has 0 amide bonds. The summed E-state index contributed by atoms with van der Waals surface area (Å²) in [7, 11) is 0. The van der Waals surface area contributed by atoms with Crippen LogP contribution in [0.25, 0.3) is 22.5 Å². The Labute approximate surface area is 162 Å². The first-order chi connectivity index (χ1) is 12.7. The summed E-state index contributed by atoms with van der Waals surface area (Å²) in [6.45, 7) is 0.417. The van der Waals surface area contributed by atoms with Crippen molar-refractivity contribution in [2.45, 2.75) is 6.54 Å².